The van der Waals surface area contributed by atoms with Gasteiger partial charge in [0.05, 0.1) is 6.20 Å². The molecule has 14 heteroatoms. The van der Waals surface area contributed by atoms with Gasteiger partial charge >= 0.3 is 12.1 Å². The van der Waals surface area contributed by atoms with Gasteiger partial charge in [-0.25, -0.2) is 9.78 Å². The van der Waals surface area contributed by atoms with Crippen molar-refractivity contribution in [3.63, 3.8) is 0 Å². The highest BCUT2D eigenvalue weighted by atomic mass is 35.5. The Labute approximate surface area is 250 Å². The molecule has 0 radical (unpaired) electrons. The summed E-state index contributed by atoms with van der Waals surface area (Å²) in [5, 5.41) is 17.2. The number of amides is 2. The normalized spacial score (nSPS) is 14.8. The molecule has 1 fully saturated rings. The molecule has 43 heavy (non-hydrogen) atoms. The number of nitrogens with zero attached hydrogens (tertiary/aromatic N) is 3. The third-order valence-corrected chi connectivity index (χ3v) is 7.31. The molecule has 3 aromatic rings. The summed E-state index contributed by atoms with van der Waals surface area (Å²) in [4.78, 5) is 44.1. The van der Waals surface area contributed by atoms with E-state index in [2.05, 4.69) is 38.1 Å². The fraction of sp³-hybridized carbons (Fsp3) is 0.345. The second-order valence-corrected chi connectivity index (χ2v) is 10.6. The Morgan fingerprint density at radius 3 is 2.44 bits per heavy atom. The molecule has 10 nitrogen and oxygen atoms in total. The van der Waals surface area contributed by atoms with Crippen LogP contribution in [0.15, 0.2) is 48.7 Å². The molecule has 0 atom stereocenters. The quantitative estimate of drug-likeness (QED) is 0.283. The topological polar surface area (TPSA) is 137 Å². The molecule has 1 aromatic heterocycles. The van der Waals surface area contributed by atoms with Crippen molar-refractivity contribution in [2.75, 3.05) is 29.0 Å². The van der Waals surface area contributed by atoms with Crippen LogP contribution in [-0.4, -0.2) is 57.0 Å². The van der Waals surface area contributed by atoms with Crippen molar-refractivity contribution >= 4 is 58.2 Å². The lowest BCUT2D eigenvalue weighted by atomic mass is 9.93. The number of alkyl halides is 3. The number of carboxylic acids is 1. The van der Waals surface area contributed by atoms with Gasteiger partial charge in [-0.2, -0.15) is 18.2 Å². The molecule has 2 aliphatic heterocycles. The molecule has 0 unspecified atom stereocenters. The molecule has 228 valence electrons. The zero-order valence-corrected chi connectivity index (χ0v) is 23.9. The number of aryl methyl sites for hydroxylation is 2. The Bertz CT molecular complexity index is 1500. The maximum atomic E-state index is 12.9. The second-order valence-electron chi connectivity index (χ2n) is 10.2. The third kappa shape index (κ3) is 9.05. The summed E-state index contributed by atoms with van der Waals surface area (Å²) in [6.07, 6.45) is 0.216. The van der Waals surface area contributed by atoms with E-state index in [0.717, 1.165) is 61.4 Å². The number of nitrogens with one attached hydrogen (secondary N) is 3. The SMILES string of the molecule is CC(=O)N1CCC(CC(=O)Nc2ccc3cc2CCc2cccc(c2)Nc2ncc(Cl)c(n2)N3)CC1.O=C(O)C(F)(F)F. The second kappa shape index (κ2) is 13.7. The van der Waals surface area contributed by atoms with Crippen molar-refractivity contribution in [1.82, 2.24) is 14.9 Å². The van der Waals surface area contributed by atoms with Crippen molar-refractivity contribution in [3.05, 3.63) is 64.8 Å². The Morgan fingerprint density at radius 2 is 1.77 bits per heavy atom. The van der Waals surface area contributed by atoms with Gasteiger partial charge in [-0.3, -0.25) is 9.59 Å². The Kier molecular flexibility index (Phi) is 10.1. The van der Waals surface area contributed by atoms with Gasteiger partial charge in [0.15, 0.2) is 5.82 Å². The van der Waals surface area contributed by atoms with Gasteiger partial charge < -0.3 is 26.0 Å². The van der Waals surface area contributed by atoms with Gasteiger partial charge in [-0.15, -0.1) is 0 Å². The van der Waals surface area contributed by atoms with Gasteiger partial charge in [-0.1, -0.05) is 23.7 Å². The Hall–Kier alpha value is -4.39. The molecule has 6 bridgehead atoms. The highest BCUT2D eigenvalue weighted by Gasteiger charge is 2.38. The molecular formula is C29H30ClF3N6O4. The number of hydrogen-bond acceptors (Lipinski definition) is 7. The zero-order valence-electron chi connectivity index (χ0n) is 23.2. The molecule has 2 aromatic carbocycles. The zero-order chi connectivity index (χ0) is 31.1. The maximum Gasteiger partial charge on any atom is 0.490 e. The molecule has 1 saturated heterocycles. The molecule has 0 saturated carbocycles. The van der Waals surface area contributed by atoms with E-state index in [4.69, 9.17) is 21.5 Å². The average molecular weight is 619 g/mol. The van der Waals surface area contributed by atoms with E-state index in [1.54, 1.807) is 13.1 Å². The number of benzene rings is 2. The predicted molar refractivity (Wildman–Crippen MR) is 156 cm³/mol. The Balaban J connectivity index is 0.000000541. The van der Waals surface area contributed by atoms with Gasteiger partial charge in [0.2, 0.25) is 17.8 Å². The van der Waals surface area contributed by atoms with Crippen molar-refractivity contribution in [2.45, 2.75) is 45.2 Å². The smallest absolute Gasteiger partial charge is 0.475 e. The van der Waals surface area contributed by atoms with Crippen LogP contribution >= 0.6 is 11.6 Å². The van der Waals surface area contributed by atoms with Crippen molar-refractivity contribution in [3.8, 4) is 0 Å². The number of carbonyl (C=O) groups excluding carboxylic acids is 2. The molecule has 0 spiro atoms. The van der Waals surface area contributed by atoms with Crippen LogP contribution in [0.5, 0.6) is 0 Å². The van der Waals surface area contributed by atoms with Crippen LogP contribution < -0.4 is 16.0 Å². The number of carbonyl (C=O) groups is 3. The summed E-state index contributed by atoms with van der Waals surface area (Å²) in [6, 6.07) is 14.0. The number of fused-ring (bicyclic) bond motifs is 6. The first kappa shape index (κ1) is 31.5. The first-order valence-corrected chi connectivity index (χ1v) is 13.9. The Morgan fingerprint density at radius 1 is 1.07 bits per heavy atom. The number of halogens is 4. The minimum Gasteiger partial charge on any atom is -0.475 e. The van der Waals surface area contributed by atoms with Crippen LogP contribution in [0.3, 0.4) is 0 Å². The van der Waals surface area contributed by atoms with Crippen LogP contribution in [0.25, 0.3) is 0 Å². The van der Waals surface area contributed by atoms with Gasteiger partial charge in [0.25, 0.3) is 0 Å². The van der Waals surface area contributed by atoms with E-state index in [1.807, 2.05) is 35.2 Å². The van der Waals surface area contributed by atoms with Crippen LogP contribution in [0.4, 0.5) is 42.0 Å². The number of likely N-dealkylation sites (tertiary alicyclic amines) is 1. The van der Waals surface area contributed by atoms with Gasteiger partial charge in [0.1, 0.15) is 5.02 Å². The number of carboxylic acid groups (broad SMARTS) is 1. The summed E-state index contributed by atoms with van der Waals surface area (Å²) >= 11 is 6.36. The number of piperidine rings is 1. The fourth-order valence-corrected chi connectivity index (χ4v) is 4.92. The molecule has 3 heterocycles. The van der Waals surface area contributed by atoms with E-state index in [1.165, 1.54) is 5.56 Å². The maximum absolute atomic E-state index is 12.9. The van der Waals surface area contributed by atoms with Crippen LogP contribution in [0.1, 0.15) is 37.3 Å². The van der Waals surface area contributed by atoms with E-state index < -0.39 is 12.1 Å². The lowest BCUT2D eigenvalue weighted by Gasteiger charge is -2.31. The van der Waals surface area contributed by atoms with Crippen LogP contribution in [0.2, 0.25) is 5.02 Å². The summed E-state index contributed by atoms with van der Waals surface area (Å²) < 4.78 is 31.7. The van der Waals surface area contributed by atoms with Crippen molar-refractivity contribution < 1.29 is 32.7 Å². The largest absolute Gasteiger partial charge is 0.490 e. The molecule has 2 amide bonds. The van der Waals surface area contributed by atoms with Gasteiger partial charge in [0, 0.05) is 43.5 Å². The lowest BCUT2D eigenvalue weighted by Crippen LogP contribution is -2.37. The highest BCUT2D eigenvalue weighted by molar-refractivity contribution is 6.32. The molecule has 5 rings (SSSR count). The molecule has 2 aliphatic rings. The summed E-state index contributed by atoms with van der Waals surface area (Å²) in [5.41, 5.74) is 4.74. The molecule has 4 N–H and O–H groups in total. The average Bonchev–Trinajstić information content (AvgIpc) is 2.95. The summed E-state index contributed by atoms with van der Waals surface area (Å²) in [7, 11) is 0. The van der Waals surface area contributed by atoms with Gasteiger partial charge in [-0.05, 0) is 73.1 Å². The number of hydrogen-bond donors (Lipinski definition) is 4. The van der Waals surface area contributed by atoms with E-state index in [0.29, 0.717) is 23.2 Å². The van der Waals surface area contributed by atoms with E-state index in [9.17, 15) is 22.8 Å². The molecule has 0 aliphatic carbocycles. The van der Waals surface area contributed by atoms with Crippen molar-refractivity contribution in [2.24, 2.45) is 5.92 Å². The van der Waals surface area contributed by atoms with Crippen LogP contribution in [-0.2, 0) is 27.2 Å². The standard InChI is InChI=1S/C27H29ClN6O2.C2HF3O2/c1-17(35)34-11-9-19(10-12-34)14-25(36)32-24-8-7-22-15-20(24)6-5-18-3-2-4-21(13-18)31-27-29-16-23(28)26(30-22)33-27;3-2(4,5)1(6)7/h2-4,7-8,13,15-16,19H,5-6,9-12,14H2,1H3,(H,32,36)(H2,29,30,31,33);(H,6,7). The highest BCUT2D eigenvalue weighted by Crippen LogP contribution is 2.30. The lowest BCUT2D eigenvalue weighted by molar-refractivity contribution is -0.192. The number of rotatable bonds is 3. The number of aliphatic carboxylic acids is 1. The first-order chi connectivity index (χ1) is 20.4. The van der Waals surface area contributed by atoms with E-state index in [-0.39, 0.29) is 17.7 Å². The summed E-state index contributed by atoms with van der Waals surface area (Å²) in [6.45, 7) is 3.04. The number of aromatic nitrogens is 2. The molecular weight excluding hydrogens is 589 g/mol. The fourth-order valence-electron chi connectivity index (χ4n) is 4.78. The monoisotopic (exact) mass is 618 g/mol. The summed E-state index contributed by atoms with van der Waals surface area (Å²) in [5.74, 6) is -1.40. The van der Waals surface area contributed by atoms with E-state index >= 15 is 0 Å². The minimum absolute atomic E-state index is 0.00540. The minimum atomic E-state index is -5.08. The first-order valence-electron chi connectivity index (χ1n) is 13.5. The van der Waals surface area contributed by atoms with Crippen LogP contribution in [0, 0.1) is 5.92 Å². The third-order valence-electron chi connectivity index (χ3n) is 7.03. The van der Waals surface area contributed by atoms with Crippen molar-refractivity contribution in [1.29, 1.82) is 0 Å². The predicted octanol–water partition coefficient (Wildman–Crippen LogP) is 5.94. The number of anilines is 5.